The maximum atomic E-state index is 12.8. The highest BCUT2D eigenvalue weighted by molar-refractivity contribution is 6.04. The van der Waals surface area contributed by atoms with E-state index in [2.05, 4.69) is 20.4 Å². The van der Waals surface area contributed by atoms with Crippen LogP contribution in [0.5, 0.6) is 5.88 Å². The number of benzene rings is 1. The molecular formula is C18H19F4N3O2. The fourth-order valence-electron chi connectivity index (χ4n) is 2.06. The number of halogens is 4. The summed E-state index contributed by atoms with van der Waals surface area (Å²) >= 11 is 0. The van der Waals surface area contributed by atoms with Crippen molar-refractivity contribution in [1.29, 1.82) is 0 Å². The molecule has 0 atom stereocenters. The average molecular weight is 385 g/mol. The molecule has 1 heterocycles. The number of amides is 1. The molecule has 0 aliphatic rings. The van der Waals surface area contributed by atoms with Crippen LogP contribution in [0.25, 0.3) is 0 Å². The minimum atomic E-state index is -4.27. The van der Waals surface area contributed by atoms with Gasteiger partial charge in [-0.1, -0.05) is 19.1 Å². The van der Waals surface area contributed by atoms with Gasteiger partial charge in [0.25, 0.3) is 5.91 Å². The lowest BCUT2D eigenvalue weighted by atomic mass is 10.2. The SMILES string of the molecule is CCNCc1cccc(NC(=O)c2ccc(OCC(F)(F)C(F)F)nc2)c1. The molecule has 1 amide bonds. The van der Waals surface area contributed by atoms with Crippen molar-refractivity contribution in [3.05, 3.63) is 53.7 Å². The van der Waals surface area contributed by atoms with E-state index in [9.17, 15) is 22.4 Å². The minimum Gasteiger partial charge on any atom is -0.471 e. The maximum Gasteiger partial charge on any atom is 0.340 e. The van der Waals surface area contributed by atoms with E-state index in [0.29, 0.717) is 12.2 Å². The number of hydrogen-bond donors (Lipinski definition) is 2. The molecule has 0 bridgehead atoms. The molecule has 1 aromatic carbocycles. The van der Waals surface area contributed by atoms with E-state index in [-0.39, 0.29) is 11.4 Å². The first-order valence-corrected chi connectivity index (χ1v) is 8.17. The fraction of sp³-hybridized carbons (Fsp3) is 0.333. The lowest BCUT2D eigenvalue weighted by molar-refractivity contribution is -0.148. The highest BCUT2D eigenvalue weighted by Gasteiger charge is 2.41. The van der Waals surface area contributed by atoms with Crippen LogP contribution in [-0.2, 0) is 6.54 Å². The predicted octanol–water partition coefficient (Wildman–Crippen LogP) is 3.72. The minimum absolute atomic E-state index is 0.167. The van der Waals surface area contributed by atoms with Crippen LogP contribution in [0.3, 0.4) is 0 Å². The van der Waals surface area contributed by atoms with Gasteiger partial charge in [-0.25, -0.2) is 13.8 Å². The molecule has 0 unspecified atom stereocenters. The third-order valence-corrected chi connectivity index (χ3v) is 3.49. The van der Waals surface area contributed by atoms with Crippen LogP contribution in [0, 0.1) is 0 Å². The monoisotopic (exact) mass is 385 g/mol. The zero-order chi connectivity index (χ0) is 19.9. The van der Waals surface area contributed by atoms with Crippen molar-refractivity contribution in [3.8, 4) is 5.88 Å². The third-order valence-electron chi connectivity index (χ3n) is 3.49. The van der Waals surface area contributed by atoms with Crippen molar-refractivity contribution in [1.82, 2.24) is 10.3 Å². The van der Waals surface area contributed by atoms with Gasteiger partial charge in [0.15, 0.2) is 6.61 Å². The smallest absolute Gasteiger partial charge is 0.340 e. The van der Waals surface area contributed by atoms with Crippen LogP contribution in [0.1, 0.15) is 22.8 Å². The summed E-state index contributed by atoms with van der Waals surface area (Å²) in [5.41, 5.74) is 1.75. The van der Waals surface area contributed by atoms with Gasteiger partial charge in [0.1, 0.15) is 0 Å². The molecule has 0 radical (unpaired) electrons. The Morgan fingerprint density at radius 1 is 1.26 bits per heavy atom. The molecule has 27 heavy (non-hydrogen) atoms. The first-order chi connectivity index (χ1) is 12.8. The molecule has 0 saturated carbocycles. The van der Waals surface area contributed by atoms with E-state index in [1.165, 1.54) is 6.07 Å². The summed E-state index contributed by atoms with van der Waals surface area (Å²) in [6.07, 6.45) is -2.71. The summed E-state index contributed by atoms with van der Waals surface area (Å²) in [7, 11) is 0. The predicted molar refractivity (Wildman–Crippen MR) is 92.5 cm³/mol. The summed E-state index contributed by atoms with van der Waals surface area (Å²) < 4.78 is 54.4. The Morgan fingerprint density at radius 3 is 2.67 bits per heavy atom. The van der Waals surface area contributed by atoms with Crippen LogP contribution in [0.4, 0.5) is 23.2 Å². The summed E-state index contributed by atoms with van der Waals surface area (Å²) in [5.74, 6) is -5.00. The maximum absolute atomic E-state index is 12.8. The lowest BCUT2D eigenvalue weighted by Crippen LogP contribution is -2.33. The van der Waals surface area contributed by atoms with E-state index in [1.807, 2.05) is 19.1 Å². The number of aromatic nitrogens is 1. The largest absolute Gasteiger partial charge is 0.471 e. The van der Waals surface area contributed by atoms with Crippen molar-refractivity contribution < 1.29 is 27.1 Å². The Balaban J connectivity index is 1.95. The average Bonchev–Trinajstić information content (AvgIpc) is 2.65. The Hall–Kier alpha value is -2.68. The van der Waals surface area contributed by atoms with Gasteiger partial charge >= 0.3 is 12.3 Å². The molecule has 2 rings (SSSR count). The highest BCUT2D eigenvalue weighted by Crippen LogP contribution is 2.23. The molecule has 0 aliphatic carbocycles. The molecule has 0 saturated heterocycles. The molecule has 9 heteroatoms. The lowest BCUT2D eigenvalue weighted by Gasteiger charge is -2.15. The molecule has 0 spiro atoms. The summed E-state index contributed by atoms with van der Waals surface area (Å²) in [4.78, 5) is 15.9. The molecule has 146 valence electrons. The second-order valence-electron chi connectivity index (χ2n) is 5.67. The number of pyridine rings is 1. The van der Waals surface area contributed by atoms with Gasteiger partial charge in [0.05, 0.1) is 5.56 Å². The van der Waals surface area contributed by atoms with Gasteiger partial charge in [-0.3, -0.25) is 4.79 Å². The van der Waals surface area contributed by atoms with Crippen molar-refractivity contribution in [2.24, 2.45) is 0 Å². The van der Waals surface area contributed by atoms with Crippen LogP contribution < -0.4 is 15.4 Å². The molecule has 2 N–H and O–H groups in total. The van der Waals surface area contributed by atoms with Gasteiger partial charge in [-0.05, 0) is 30.3 Å². The van der Waals surface area contributed by atoms with Gasteiger partial charge in [0.2, 0.25) is 5.88 Å². The number of carbonyl (C=O) groups is 1. The number of alkyl halides is 4. The van der Waals surface area contributed by atoms with E-state index in [4.69, 9.17) is 0 Å². The Kier molecular flexibility index (Phi) is 7.12. The van der Waals surface area contributed by atoms with Crippen molar-refractivity contribution in [2.45, 2.75) is 25.8 Å². The van der Waals surface area contributed by atoms with E-state index < -0.39 is 24.9 Å². The van der Waals surface area contributed by atoms with Crippen LogP contribution in [0.2, 0.25) is 0 Å². The highest BCUT2D eigenvalue weighted by atomic mass is 19.3. The number of ether oxygens (including phenoxy) is 1. The van der Waals surface area contributed by atoms with Crippen LogP contribution >= 0.6 is 0 Å². The Morgan fingerprint density at radius 2 is 2.04 bits per heavy atom. The number of carbonyl (C=O) groups excluding carboxylic acids is 1. The van der Waals surface area contributed by atoms with E-state index in [1.54, 1.807) is 12.1 Å². The third kappa shape index (κ3) is 6.21. The Bertz CT molecular complexity index is 755. The molecule has 5 nitrogen and oxygen atoms in total. The second kappa shape index (κ2) is 9.31. The Labute approximate surface area is 153 Å². The summed E-state index contributed by atoms with van der Waals surface area (Å²) in [6, 6.07) is 9.74. The summed E-state index contributed by atoms with van der Waals surface area (Å²) in [6.45, 7) is 1.97. The molecular weight excluding hydrogens is 366 g/mol. The first kappa shape index (κ1) is 20.6. The summed E-state index contributed by atoms with van der Waals surface area (Å²) in [5, 5.41) is 5.87. The number of rotatable bonds is 9. The molecule has 1 aromatic heterocycles. The van der Waals surface area contributed by atoms with Gasteiger partial charge in [-0.2, -0.15) is 8.78 Å². The topological polar surface area (TPSA) is 63.2 Å². The van der Waals surface area contributed by atoms with Crippen molar-refractivity contribution in [2.75, 3.05) is 18.5 Å². The number of nitrogens with zero attached hydrogens (tertiary/aromatic N) is 1. The first-order valence-electron chi connectivity index (χ1n) is 8.17. The van der Waals surface area contributed by atoms with Crippen LogP contribution in [0.15, 0.2) is 42.6 Å². The number of nitrogens with one attached hydrogen (secondary N) is 2. The van der Waals surface area contributed by atoms with Gasteiger partial charge in [-0.15, -0.1) is 0 Å². The zero-order valence-electron chi connectivity index (χ0n) is 14.5. The molecule has 0 fully saturated rings. The number of anilines is 1. The zero-order valence-corrected chi connectivity index (χ0v) is 14.5. The van der Waals surface area contributed by atoms with E-state index in [0.717, 1.165) is 24.4 Å². The fourth-order valence-corrected chi connectivity index (χ4v) is 2.06. The molecule has 0 aliphatic heterocycles. The number of hydrogen-bond acceptors (Lipinski definition) is 4. The second-order valence-corrected chi connectivity index (χ2v) is 5.67. The normalized spacial score (nSPS) is 11.5. The van der Waals surface area contributed by atoms with Gasteiger partial charge in [0, 0.05) is 24.5 Å². The van der Waals surface area contributed by atoms with Crippen LogP contribution in [-0.4, -0.2) is 36.4 Å². The van der Waals surface area contributed by atoms with Crippen molar-refractivity contribution in [3.63, 3.8) is 0 Å². The van der Waals surface area contributed by atoms with Gasteiger partial charge < -0.3 is 15.4 Å². The van der Waals surface area contributed by atoms with E-state index >= 15 is 0 Å². The standard InChI is InChI=1S/C18H19F4N3O2/c1-2-23-9-12-4-3-5-14(8-12)25-16(26)13-6-7-15(24-10-13)27-11-18(21,22)17(19)20/h3-8,10,17,23H,2,9,11H2,1H3,(H,25,26). The quantitative estimate of drug-likeness (QED) is 0.646. The molecule has 2 aromatic rings. The van der Waals surface area contributed by atoms with Crippen molar-refractivity contribution >= 4 is 11.6 Å².